The van der Waals surface area contributed by atoms with E-state index in [4.69, 9.17) is 4.74 Å². The van der Waals surface area contributed by atoms with Crippen molar-refractivity contribution in [1.29, 1.82) is 0 Å². The average Bonchev–Trinajstić information content (AvgIpc) is 3.19. The van der Waals surface area contributed by atoms with Crippen molar-refractivity contribution in [2.24, 2.45) is 4.99 Å². The second-order valence-corrected chi connectivity index (χ2v) is 7.52. The van der Waals surface area contributed by atoms with Crippen molar-refractivity contribution in [3.8, 4) is 5.75 Å². The summed E-state index contributed by atoms with van der Waals surface area (Å²) in [6.45, 7) is 7.54. The Kier molecular flexibility index (Phi) is 9.72. The summed E-state index contributed by atoms with van der Waals surface area (Å²) in [7, 11) is 0. The molecule has 1 amide bonds. The van der Waals surface area contributed by atoms with Crippen molar-refractivity contribution in [2.75, 3.05) is 26.2 Å². The van der Waals surface area contributed by atoms with Crippen molar-refractivity contribution in [1.82, 2.24) is 15.5 Å². The molecule has 0 fully saturated rings. The van der Waals surface area contributed by atoms with Gasteiger partial charge >= 0.3 is 0 Å². The fourth-order valence-electron chi connectivity index (χ4n) is 3.17. The lowest BCUT2D eigenvalue weighted by atomic mass is 10.1. The molecule has 2 heterocycles. The summed E-state index contributed by atoms with van der Waals surface area (Å²) in [5.41, 5.74) is 2.30. The lowest BCUT2D eigenvalue weighted by Crippen LogP contribution is -2.45. The number of hydrogen-bond acceptors (Lipinski definition) is 4. The van der Waals surface area contributed by atoms with Gasteiger partial charge in [0.2, 0.25) is 5.91 Å². The van der Waals surface area contributed by atoms with E-state index in [1.54, 1.807) is 11.3 Å². The molecule has 2 N–H and O–H groups in total. The number of aliphatic imine (C=N–C) groups is 1. The van der Waals surface area contributed by atoms with E-state index in [0.29, 0.717) is 25.7 Å². The molecule has 3 rings (SSSR count). The Morgan fingerprint density at radius 2 is 2.07 bits per heavy atom. The van der Waals surface area contributed by atoms with Crippen molar-refractivity contribution in [2.45, 2.75) is 33.4 Å². The maximum absolute atomic E-state index is 12.6. The highest BCUT2D eigenvalue weighted by Crippen LogP contribution is 2.23. The Bertz CT molecular complexity index is 825. The van der Waals surface area contributed by atoms with Gasteiger partial charge in [0, 0.05) is 30.1 Å². The molecule has 2 aromatic rings. The Morgan fingerprint density at radius 3 is 2.86 bits per heavy atom. The smallest absolute Gasteiger partial charge is 0.242 e. The molecule has 1 aromatic carbocycles. The minimum Gasteiger partial charge on any atom is -0.494 e. The van der Waals surface area contributed by atoms with Crippen molar-refractivity contribution in [3.63, 3.8) is 0 Å². The molecule has 1 aliphatic heterocycles. The van der Waals surface area contributed by atoms with Crippen molar-refractivity contribution in [3.05, 3.63) is 51.7 Å². The highest BCUT2D eigenvalue weighted by molar-refractivity contribution is 14.0. The molecule has 0 bridgehead atoms. The number of nitrogens with zero attached hydrogens (tertiary/aromatic N) is 2. The van der Waals surface area contributed by atoms with Gasteiger partial charge in [-0.15, -0.1) is 35.3 Å². The van der Waals surface area contributed by atoms with Gasteiger partial charge in [-0.25, -0.2) is 4.99 Å². The quantitative estimate of drug-likeness (QED) is 0.329. The number of thiophene rings is 1. The monoisotopic (exact) mass is 528 g/mol. The number of hydrogen-bond donors (Lipinski definition) is 2. The number of rotatable bonds is 7. The van der Waals surface area contributed by atoms with Crippen LogP contribution in [-0.4, -0.2) is 43.0 Å². The van der Waals surface area contributed by atoms with E-state index in [2.05, 4.69) is 27.1 Å². The zero-order valence-electron chi connectivity index (χ0n) is 16.9. The van der Waals surface area contributed by atoms with E-state index in [-0.39, 0.29) is 36.4 Å². The van der Waals surface area contributed by atoms with Crippen LogP contribution in [0.3, 0.4) is 0 Å². The van der Waals surface area contributed by atoms with Gasteiger partial charge in [-0.2, -0.15) is 0 Å². The Balaban J connectivity index is 0.00000300. The minimum atomic E-state index is 0. The number of para-hydroxylation sites is 1. The summed E-state index contributed by atoms with van der Waals surface area (Å²) < 4.78 is 5.66. The van der Waals surface area contributed by atoms with Crippen LogP contribution in [0.15, 0.2) is 40.7 Å². The van der Waals surface area contributed by atoms with Crippen LogP contribution in [0, 0.1) is 0 Å². The minimum absolute atomic E-state index is 0. The third kappa shape index (κ3) is 6.60. The van der Waals surface area contributed by atoms with Crippen LogP contribution in [0.4, 0.5) is 0 Å². The number of benzene rings is 1. The first kappa shape index (κ1) is 23.5. The van der Waals surface area contributed by atoms with E-state index < -0.39 is 0 Å². The summed E-state index contributed by atoms with van der Waals surface area (Å²) in [6.07, 6.45) is 0.946. The zero-order valence-corrected chi connectivity index (χ0v) is 20.1. The predicted octanol–water partition coefficient (Wildman–Crippen LogP) is 3.40. The number of nitrogens with one attached hydrogen (secondary N) is 2. The van der Waals surface area contributed by atoms with Crippen LogP contribution in [0.25, 0.3) is 0 Å². The first-order valence-electron chi connectivity index (χ1n) is 9.77. The number of carbonyl (C=O) groups excluding carboxylic acids is 1. The Hall–Kier alpha value is -1.81. The summed E-state index contributed by atoms with van der Waals surface area (Å²) >= 11 is 1.78. The normalized spacial score (nSPS) is 13.3. The molecule has 0 aliphatic carbocycles. The van der Waals surface area contributed by atoms with Crippen LogP contribution in [-0.2, 0) is 24.3 Å². The number of amides is 1. The molecule has 0 spiro atoms. The Morgan fingerprint density at radius 1 is 1.24 bits per heavy atom. The van der Waals surface area contributed by atoms with Crippen LogP contribution >= 0.6 is 35.3 Å². The molecule has 6 nitrogen and oxygen atoms in total. The molecule has 0 saturated carbocycles. The molecule has 29 heavy (non-hydrogen) atoms. The maximum atomic E-state index is 12.6. The molecule has 1 aliphatic rings. The number of carbonyl (C=O) groups is 1. The number of guanidine groups is 1. The highest BCUT2D eigenvalue weighted by Gasteiger charge is 2.21. The molecule has 0 atom stereocenters. The van der Waals surface area contributed by atoms with Gasteiger partial charge < -0.3 is 20.3 Å². The zero-order chi connectivity index (χ0) is 19.8. The molecule has 1 aromatic heterocycles. The first-order chi connectivity index (χ1) is 13.7. The standard InChI is InChI=1S/C21H28N4O2S.HI/c1-3-22-21(23-13-16-7-5-6-8-18(16)27-4-2)24-14-20(26)25-11-9-19-17(15-25)10-12-28-19;/h5-8,10,12H,3-4,9,11,13-15H2,1-2H3,(H2,22,23,24);1H. The van der Waals surface area contributed by atoms with Gasteiger partial charge in [-0.05, 0) is 43.3 Å². The van der Waals surface area contributed by atoms with Crippen molar-refractivity contribution >= 4 is 47.2 Å². The van der Waals surface area contributed by atoms with Crippen LogP contribution in [0.2, 0.25) is 0 Å². The van der Waals surface area contributed by atoms with E-state index >= 15 is 0 Å². The van der Waals surface area contributed by atoms with E-state index in [9.17, 15) is 4.79 Å². The topological polar surface area (TPSA) is 66.0 Å². The van der Waals surface area contributed by atoms with Gasteiger partial charge in [-0.1, -0.05) is 18.2 Å². The van der Waals surface area contributed by atoms with E-state index in [0.717, 1.165) is 30.8 Å². The molecule has 8 heteroatoms. The Labute approximate surface area is 193 Å². The van der Waals surface area contributed by atoms with E-state index in [1.165, 1.54) is 10.4 Å². The lowest BCUT2D eigenvalue weighted by Gasteiger charge is -2.27. The third-order valence-electron chi connectivity index (χ3n) is 4.59. The van der Waals surface area contributed by atoms with Gasteiger partial charge in [0.05, 0.1) is 19.7 Å². The molecule has 0 radical (unpaired) electrons. The largest absolute Gasteiger partial charge is 0.494 e. The number of ether oxygens (including phenoxy) is 1. The molecular formula is C21H29IN4O2S. The average molecular weight is 528 g/mol. The summed E-state index contributed by atoms with van der Waals surface area (Å²) in [5, 5.41) is 8.47. The van der Waals surface area contributed by atoms with Crippen molar-refractivity contribution < 1.29 is 9.53 Å². The van der Waals surface area contributed by atoms with Gasteiger partial charge in [0.15, 0.2) is 5.96 Å². The lowest BCUT2D eigenvalue weighted by molar-refractivity contribution is -0.130. The fraction of sp³-hybridized carbons (Fsp3) is 0.429. The molecule has 0 unspecified atom stereocenters. The third-order valence-corrected chi connectivity index (χ3v) is 5.61. The predicted molar refractivity (Wildman–Crippen MR) is 129 cm³/mol. The fourth-order valence-corrected chi connectivity index (χ4v) is 4.06. The summed E-state index contributed by atoms with van der Waals surface area (Å²) in [4.78, 5) is 20.5. The van der Waals surface area contributed by atoms with E-state index in [1.807, 2.05) is 43.0 Å². The summed E-state index contributed by atoms with van der Waals surface area (Å²) in [5.74, 6) is 1.58. The SMILES string of the molecule is CCNC(=NCc1ccccc1OCC)NCC(=O)N1CCc2sccc2C1.I. The second kappa shape index (κ2) is 12.0. The second-order valence-electron chi connectivity index (χ2n) is 6.52. The molecule has 158 valence electrons. The van der Waals surface area contributed by atoms with Gasteiger partial charge in [0.25, 0.3) is 0 Å². The summed E-state index contributed by atoms with van der Waals surface area (Å²) in [6, 6.07) is 10.0. The van der Waals surface area contributed by atoms with Crippen LogP contribution < -0.4 is 15.4 Å². The number of halogens is 1. The molecular weight excluding hydrogens is 499 g/mol. The van der Waals surface area contributed by atoms with Gasteiger partial charge in [0.1, 0.15) is 5.75 Å². The van der Waals surface area contributed by atoms with Crippen LogP contribution in [0.1, 0.15) is 29.9 Å². The molecule has 0 saturated heterocycles. The van der Waals surface area contributed by atoms with Crippen LogP contribution in [0.5, 0.6) is 5.75 Å². The number of fused-ring (bicyclic) bond motifs is 1. The van der Waals surface area contributed by atoms with Gasteiger partial charge in [-0.3, -0.25) is 4.79 Å². The first-order valence-corrected chi connectivity index (χ1v) is 10.6. The highest BCUT2D eigenvalue weighted by atomic mass is 127. The maximum Gasteiger partial charge on any atom is 0.242 e.